The maximum atomic E-state index is 13.6. The number of unbranched alkanes of at least 4 members (excludes halogenated alkanes) is 2. The van der Waals surface area contributed by atoms with Gasteiger partial charge >= 0.3 is 6.18 Å². The predicted molar refractivity (Wildman–Crippen MR) is 180 cm³/mol. The van der Waals surface area contributed by atoms with Crippen molar-refractivity contribution < 1.29 is 27.1 Å². The van der Waals surface area contributed by atoms with Crippen LogP contribution in [0.4, 0.5) is 13.2 Å². The van der Waals surface area contributed by atoms with Gasteiger partial charge in [-0.05, 0) is 92.1 Å². The van der Waals surface area contributed by atoms with Gasteiger partial charge in [0.15, 0.2) is 0 Å². The maximum Gasteiger partial charge on any atom is 0.416 e. The summed E-state index contributed by atoms with van der Waals surface area (Å²) in [6.07, 6.45) is 12.4. The highest BCUT2D eigenvalue weighted by Gasteiger charge is 2.31. The summed E-state index contributed by atoms with van der Waals surface area (Å²) in [4.78, 5) is 12.3. The van der Waals surface area contributed by atoms with Gasteiger partial charge in [-0.3, -0.25) is 9.36 Å². The Morgan fingerprint density at radius 3 is 1.92 bits per heavy atom. The minimum Gasteiger partial charge on any atom is -0.487 e. The van der Waals surface area contributed by atoms with E-state index in [1.54, 1.807) is 41.6 Å². The Balaban J connectivity index is 1.01. The molecule has 0 aliphatic carbocycles. The van der Waals surface area contributed by atoms with E-state index < -0.39 is 11.7 Å². The predicted octanol–water partition coefficient (Wildman–Crippen LogP) is 8.46. The van der Waals surface area contributed by atoms with Crippen LogP contribution in [0, 0.1) is 0 Å². The van der Waals surface area contributed by atoms with Gasteiger partial charge < -0.3 is 13.9 Å². The number of aromatic nitrogens is 7. The van der Waals surface area contributed by atoms with Crippen LogP contribution < -0.4 is 9.47 Å². The van der Waals surface area contributed by atoms with Crippen molar-refractivity contribution in [3.05, 3.63) is 132 Å². The summed E-state index contributed by atoms with van der Waals surface area (Å²) < 4.78 is 61.8. The lowest BCUT2D eigenvalue weighted by molar-refractivity contribution is -0.137. The number of hydrogen-bond donors (Lipinski definition) is 0. The lowest BCUT2D eigenvalue weighted by Crippen LogP contribution is -2.05. The molecule has 3 aromatic heterocycles. The summed E-state index contributed by atoms with van der Waals surface area (Å²) in [6.45, 7) is 1.83. The molecule has 0 saturated heterocycles. The van der Waals surface area contributed by atoms with Gasteiger partial charge in [-0.15, -0.1) is 0 Å². The minimum absolute atomic E-state index is 0.0606. The van der Waals surface area contributed by atoms with Crippen LogP contribution in [0.1, 0.15) is 59.5 Å². The first-order chi connectivity index (χ1) is 24.4. The van der Waals surface area contributed by atoms with Crippen LogP contribution in [0.2, 0.25) is 0 Å². The Labute approximate surface area is 287 Å². The van der Waals surface area contributed by atoms with Gasteiger partial charge in [-0.1, -0.05) is 30.3 Å². The Morgan fingerprint density at radius 1 is 0.720 bits per heavy atom. The van der Waals surface area contributed by atoms with Crippen molar-refractivity contribution in [1.82, 2.24) is 34.5 Å². The van der Waals surface area contributed by atoms with E-state index in [-0.39, 0.29) is 18.2 Å². The Hall–Kier alpha value is -5.72. The van der Waals surface area contributed by atoms with E-state index in [0.717, 1.165) is 69.3 Å². The van der Waals surface area contributed by atoms with Crippen LogP contribution in [0.15, 0.2) is 103 Å². The van der Waals surface area contributed by atoms with Crippen LogP contribution in [0.5, 0.6) is 17.2 Å². The zero-order valence-corrected chi connectivity index (χ0v) is 27.2. The number of oxazole rings is 1. The fourth-order valence-electron chi connectivity index (χ4n) is 5.23. The Kier molecular flexibility index (Phi) is 11.3. The number of aryl methyl sites for hydroxylation is 4. The van der Waals surface area contributed by atoms with Crippen molar-refractivity contribution in [2.24, 2.45) is 0 Å². The largest absolute Gasteiger partial charge is 0.487 e. The van der Waals surface area contributed by atoms with Crippen molar-refractivity contribution in [2.45, 2.75) is 64.4 Å². The van der Waals surface area contributed by atoms with E-state index >= 15 is 0 Å². The first kappa shape index (κ1) is 34.2. The molecule has 3 aromatic carbocycles. The van der Waals surface area contributed by atoms with E-state index in [0.29, 0.717) is 22.8 Å². The number of nitrogens with zero attached hydrogens (tertiary/aromatic N) is 7. The summed E-state index contributed by atoms with van der Waals surface area (Å²) in [7, 11) is 0. The van der Waals surface area contributed by atoms with Crippen molar-refractivity contribution in [2.75, 3.05) is 0 Å². The van der Waals surface area contributed by atoms with Crippen LogP contribution in [0.3, 0.4) is 0 Å². The third kappa shape index (κ3) is 10.1. The van der Waals surface area contributed by atoms with E-state index in [9.17, 15) is 13.2 Å². The number of halogens is 3. The normalized spacial score (nSPS) is 11.7. The minimum atomic E-state index is -4.52. The molecule has 50 heavy (non-hydrogen) atoms. The first-order valence-electron chi connectivity index (χ1n) is 16.3. The number of ether oxygens (including phenoxy) is 2. The zero-order chi connectivity index (χ0) is 34.6. The molecular weight excluding hydrogens is 647 g/mol. The Bertz CT molecular complexity index is 1920. The van der Waals surface area contributed by atoms with Gasteiger partial charge in [0.05, 0.1) is 5.56 Å². The van der Waals surface area contributed by atoms with E-state index in [1.165, 1.54) is 30.5 Å². The average molecular weight is 684 g/mol. The van der Waals surface area contributed by atoms with Crippen molar-refractivity contribution in [3.63, 3.8) is 0 Å². The van der Waals surface area contributed by atoms with Gasteiger partial charge in [-0.2, -0.15) is 23.4 Å². The smallest absolute Gasteiger partial charge is 0.416 e. The molecule has 3 heterocycles. The molecule has 10 nitrogen and oxygen atoms in total. The van der Waals surface area contributed by atoms with Crippen LogP contribution in [-0.4, -0.2) is 34.5 Å². The lowest BCUT2D eigenvalue weighted by atomic mass is 10.1. The molecule has 0 atom stereocenters. The maximum absolute atomic E-state index is 13.6. The highest BCUT2D eigenvalue weighted by Crippen LogP contribution is 2.36. The summed E-state index contributed by atoms with van der Waals surface area (Å²) >= 11 is 0. The number of hydrogen-bond acceptors (Lipinski definition) is 8. The third-order valence-electron chi connectivity index (χ3n) is 7.92. The topological polar surface area (TPSA) is 106 Å². The molecule has 0 fully saturated rings. The fourth-order valence-corrected chi connectivity index (χ4v) is 5.23. The van der Waals surface area contributed by atoms with Crippen molar-refractivity contribution >= 4 is 12.2 Å². The van der Waals surface area contributed by atoms with Gasteiger partial charge in [0.1, 0.15) is 61.1 Å². The number of rotatable bonds is 17. The van der Waals surface area contributed by atoms with Crippen molar-refractivity contribution in [1.29, 1.82) is 0 Å². The molecule has 0 saturated carbocycles. The third-order valence-corrected chi connectivity index (χ3v) is 7.92. The lowest BCUT2D eigenvalue weighted by Gasteiger charge is -2.13. The monoisotopic (exact) mass is 683 g/mol. The second-order valence-electron chi connectivity index (χ2n) is 11.7. The highest BCUT2D eigenvalue weighted by molar-refractivity contribution is 5.70. The average Bonchev–Trinajstić information content (AvgIpc) is 3.92. The molecule has 6 aromatic rings. The van der Waals surface area contributed by atoms with E-state index in [4.69, 9.17) is 13.9 Å². The molecule has 0 N–H and O–H groups in total. The van der Waals surface area contributed by atoms with Crippen LogP contribution >= 0.6 is 0 Å². The molecule has 6 rings (SSSR count). The molecular formula is C37H36F3N7O3. The quantitative estimate of drug-likeness (QED) is 0.0882. The van der Waals surface area contributed by atoms with E-state index in [1.807, 2.05) is 41.1 Å². The van der Waals surface area contributed by atoms with Gasteiger partial charge in [0.25, 0.3) is 0 Å². The molecule has 0 spiro atoms. The molecule has 0 bridgehead atoms. The van der Waals surface area contributed by atoms with Crippen LogP contribution in [0.25, 0.3) is 12.2 Å². The summed E-state index contributed by atoms with van der Waals surface area (Å²) in [6, 6.07) is 18.7. The molecule has 0 amide bonds. The first-order valence-corrected chi connectivity index (χ1v) is 16.3. The Morgan fingerprint density at radius 2 is 1.34 bits per heavy atom. The van der Waals surface area contributed by atoms with Gasteiger partial charge in [0.2, 0.25) is 5.89 Å². The second-order valence-corrected chi connectivity index (χ2v) is 11.7. The summed E-state index contributed by atoms with van der Waals surface area (Å²) in [5.41, 5.74) is 2.53. The zero-order valence-electron chi connectivity index (χ0n) is 27.2. The molecule has 0 radical (unpaired) electrons. The number of alkyl halides is 3. The highest BCUT2D eigenvalue weighted by atomic mass is 19.4. The molecule has 0 aliphatic rings. The summed E-state index contributed by atoms with van der Waals surface area (Å²) in [5.74, 6) is 1.48. The van der Waals surface area contributed by atoms with E-state index in [2.05, 4.69) is 25.1 Å². The molecule has 13 heteroatoms. The van der Waals surface area contributed by atoms with Crippen molar-refractivity contribution in [3.8, 4) is 17.2 Å². The SMILES string of the molecule is FC(F)(F)c1ccc(C=Cc2nc(COc3ccc(CCCCn4cncn4)cc3)co2)c(Oc2ccc(CCCCn3cncn3)cc2)c1. The molecule has 0 aliphatic heterocycles. The standard InChI is InChI=1S/C37H36F3N7O3/c38-37(39,40)31-13-11-30(35(21-31)50-34-16-9-29(10-17-34)6-2-4-20-47-27-42-25-44-47)12-18-36-45-32(23-49-36)22-48-33-14-7-28(8-15-33)5-1-3-19-46-26-41-24-43-46/h7-18,21,23-27H,1-6,19-20,22H2. The molecule has 258 valence electrons. The second kappa shape index (κ2) is 16.6. The van der Waals surface area contributed by atoms with Gasteiger partial charge in [0, 0.05) is 24.7 Å². The molecule has 0 unspecified atom stereocenters. The van der Waals surface area contributed by atoms with Crippen LogP contribution in [-0.2, 0) is 38.7 Å². The fraction of sp³-hybridized carbons (Fsp3) is 0.270. The van der Waals surface area contributed by atoms with Gasteiger partial charge in [-0.25, -0.2) is 15.0 Å². The summed E-state index contributed by atoms with van der Waals surface area (Å²) in [5, 5.41) is 8.22. The number of benzene rings is 3.